The monoisotopic (exact) mass is 289 g/mol. The van der Waals surface area contributed by atoms with Gasteiger partial charge in [-0.25, -0.2) is 0 Å². The zero-order valence-electron chi connectivity index (χ0n) is 14.1. The van der Waals surface area contributed by atoms with E-state index in [2.05, 4.69) is 57.3 Å². The van der Waals surface area contributed by atoms with Gasteiger partial charge in [-0.3, -0.25) is 0 Å². The first kappa shape index (κ1) is 16.4. The maximum absolute atomic E-state index is 5.71. The molecule has 0 spiro atoms. The van der Waals surface area contributed by atoms with Crippen LogP contribution < -0.4 is 10.1 Å². The number of ether oxygens (including phenoxy) is 1. The van der Waals surface area contributed by atoms with E-state index in [4.69, 9.17) is 4.74 Å². The SMILES string of the molecule is CC1CCCC(NC(C)c2ccc(OC(C)C)cc2)CC1. The maximum Gasteiger partial charge on any atom is 0.119 e. The van der Waals surface area contributed by atoms with E-state index in [1.54, 1.807) is 0 Å². The molecule has 1 N–H and O–H groups in total. The molecular weight excluding hydrogens is 258 g/mol. The fourth-order valence-corrected chi connectivity index (χ4v) is 3.21. The maximum atomic E-state index is 5.71. The van der Waals surface area contributed by atoms with Crippen molar-refractivity contribution in [2.75, 3.05) is 0 Å². The zero-order chi connectivity index (χ0) is 15.2. The minimum atomic E-state index is 0.236. The largest absolute Gasteiger partial charge is 0.491 e. The van der Waals surface area contributed by atoms with Crippen molar-refractivity contribution in [2.45, 2.75) is 78.0 Å². The molecule has 2 heteroatoms. The summed E-state index contributed by atoms with van der Waals surface area (Å²) in [6, 6.07) is 9.64. The van der Waals surface area contributed by atoms with Crippen molar-refractivity contribution < 1.29 is 4.74 Å². The Morgan fingerprint density at radius 3 is 2.38 bits per heavy atom. The smallest absolute Gasteiger partial charge is 0.119 e. The Bertz CT molecular complexity index is 412. The first-order chi connectivity index (χ1) is 10.0. The van der Waals surface area contributed by atoms with Gasteiger partial charge in [-0.1, -0.05) is 31.9 Å². The summed E-state index contributed by atoms with van der Waals surface area (Å²) in [4.78, 5) is 0. The molecule has 0 bridgehead atoms. The fraction of sp³-hybridized carbons (Fsp3) is 0.684. The van der Waals surface area contributed by atoms with Crippen molar-refractivity contribution >= 4 is 0 Å². The van der Waals surface area contributed by atoms with Crippen LogP contribution in [0.25, 0.3) is 0 Å². The van der Waals surface area contributed by atoms with Crippen LogP contribution in [-0.4, -0.2) is 12.1 Å². The molecule has 21 heavy (non-hydrogen) atoms. The Kier molecular flexibility index (Phi) is 6.10. The van der Waals surface area contributed by atoms with Gasteiger partial charge in [0.25, 0.3) is 0 Å². The van der Waals surface area contributed by atoms with Gasteiger partial charge in [-0.2, -0.15) is 0 Å². The van der Waals surface area contributed by atoms with Crippen molar-refractivity contribution in [3.63, 3.8) is 0 Å². The molecule has 3 unspecified atom stereocenters. The lowest BCUT2D eigenvalue weighted by Gasteiger charge is -2.23. The number of hydrogen-bond acceptors (Lipinski definition) is 2. The minimum absolute atomic E-state index is 0.236. The third-order valence-corrected chi connectivity index (χ3v) is 4.50. The predicted molar refractivity (Wildman–Crippen MR) is 89.8 cm³/mol. The van der Waals surface area contributed by atoms with Crippen molar-refractivity contribution in [2.24, 2.45) is 5.92 Å². The van der Waals surface area contributed by atoms with Gasteiger partial charge in [-0.05, 0) is 63.6 Å². The van der Waals surface area contributed by atoms with Crippen LogP contribution in [0.3, 0.4) is 0 Å². The van der Waals surface area contributed by atoms with E-state index in [1.165, 1.54) is 37.7 Å². The topological polar surface area (TPSA) is 21.3 Å². The highest BCUT2D eigenvalue weighted by molar-refractivity contribution is 5.29. The molecule has 2 nitrogen and oxygen atoms in total. The van der Waals surface area contributed by atoms with Crippen molar-refractivity contribution in [3.05, 3.63) is 29.8 Å². The van der Waals surface area contributed by atoms with Gasteiger partial charge in [0, 0.05) is 12.1 Å². The van der Waals surface area contributed by atoms with Crippen LogP contribution >= 0.6 is 0 Å². The Balaban J connectivity index is 1.88. The average Bonchev–Trinajstić information content (AvgIpc) is 2.64. The molecule has 0 aliphatic heterocycles. The molecule has 1 fully saturated rings. The quantitative estimate of drug-likeness (QED) is 0.762. The summed E-state index contributed by atoms with van der Waals surface area (Å²) in [6.07, 6.45) is 7.01. The normalized spacial score (nSPS) is 24.6. The van der Waals surface area contributed by atoms with Crippen LogP contribution in [0.4, 0.5) is 0 Å². The number of hydrogen-bond donors (Lipinski definition) is 1. The Morgan fingerprint density at radius 1 is 1.00 bits per heavy atom. The summed E-state index contributed by atoms with van der Waals surface area (Å²) in [6.45, 7) is 8.78. The number of rotatable bonds is 5. The highest BCUT2D eigenvalue weighted by Crippen LogP contribution is 2.25. The molecule has 118 valence electrons. The second kappa shape index (κ2) is 7.84. The van der Waals surface area contributed by atoms with Crippen LogP contribution in [0.1, 0.15) is 71.4 Å². The molecule has 1 aromatic carbocycles. The van der Waals surface area contributed by atoms with Crippen molar-refractivity contribution in [1.29, 1.82) is 0 Å². The van der Waals surface area contributed by atoms with E-state index in [9.17, 15) is 0 Å². The molecular formula is C19H31NO. The Labute approximate surface area is 130 Å². The van der Waals surface area contributed by atoms with E-state index in [1.807, 2.05) is 0 Å². The molecule has 0 radical (unpaired) electrons. The highest BCUT2D eigenvalue weighted by Gasteiger charge is 2.18. The predicted octanol–water partition coefficient (Wildman–Crippen LogP) is 5.09. The van der Waals surface area contributed by atoms with Gasteiger partial charge in [0.15, 0.2) is 0 Å². The number of nitrogens with one attached hydrogen (secondary N) is 1. The van der Waals surface area contributed by atoms with Gasteiger partial charge in [0.2, 0.25) is 0 Å². The van der Waals surface area contributed by atoms with E-state index >= 15 is 0 Å². The van der Waals surface area contributed by atoms with Crippen LogP contribution in [-0.2, 0) is 0 Å². The number of benzene rings is 1. The molecule has 0 saturated heterocycles. The lowest BCUT2D eigenvalue weighted by Crippen LogP contribution is -2.31. The molecule has 2 rings (SSSR count). The van der Waals surface area contributed by atoms with Gasteiger partial charge < -0.3 is 10.1 Å². The molecule has 0 aromatic heterocycles. The second-order valence-electron chi connectivity index (χ2n) is 6.93. The third kappa shape index (κ3) is 5.35. The summed E-state index contributed by atoms with van der Waals surface area (Å²) in [7, 11) is 0. The first-order valence-electron chi connectivity index (χ1n) is 8.57. The van der Waals surface area contributed by atoms with Crippen LogP contribution in [0.2, 0.25) is 0 Å². The van der Waals surface area contributed by atoms with E-state index in [0.717, 1.165) is 11.7 Å². The van der Waals surface area contributed by atoms with Crippen LogP contribution in [0.5, 0.6) is 5.75 Å². The van der Waals surface area contributed by atoms with Gasteiger partial charge in [0.1, 0.15) is 5.75 Å². The summed E-state index contributed by atoms with van der Waals surface area (Å²) < 4.78 is 5.71. The van der Waals surface area contributed by atoms with Gasteiger partial charge >= 0.3 is 0 Å². The summed E-state index contributed by atoms with van der Waals surface area (Å²) in [5, 5.41) is 3.82. The molecule has 1 saturated carbocycles. The summed E-state index contributed by atoms with van der Waals surface area (Å²) in [5.41, 5.74) is 1.35. The van der Waals surface area contributed by atoms with E-state index in [-0.39, 0.29) is 6.10 Å². The fourth-order valence-electron chi connectivity index (χ4n) is 3.21. The molecule has 3 atom stereocenters. The Hall–Kier alpha value is -1.02. The molecule has 1 aliphatic rings. The van der Waals surface area contributed by atoms with Gasteiger partial charge in [0.05, 0.1) is 6.10 Å². The summed E-state index contributed by atoms with van der Waals surface area (Å²) >= 11 is 0. The Morgan fingerprint density at radius 2 is 1.71 bits per heavy atom. The highest BCUT2D eigenvalue weighted by atomic mass is 16.5. The van der Waals surface area contributed by atoms with Crippen LogP contribution in [0, 0.1) is 5.92 Å². The van der Waals surface area contributed by atoms with Crippen molar-refractivity contribution in [3.8, 4) is 5.75 Å². The molecule has 0 heterocycles. The average molecular weight is 289 g/mol. The van der Waals surface area contributed by atoms with E-state index < -0.39 is 0 Å². The summed E-state index contributed by atoms with van der Waals surface area (Å²) in [5.74, 6) is 1.86. The first-order valence-corrected chi connectivity index (χ1v) is 8.57. The van der Waals surface area contributed by atoms with Gasteiger partial charge in [-0.15, -0.1) is 0 Å². The second-order valence-corrected chi connectivity index (χ2v) is 6.93. The lowest BCUT2D eigenvalue weighted by atomic mass is 10.0. The molecule has 1 aliphatic carbocycles. The minimum Gasteiger partial charge on any atom is -0.491 e. The molecule has 1 aromatic rings. The third-order valence-electron chi connectivity index (χ3n) is 4.50. The van der Waals surface area contributed by atoms with E-state index in [0.29, 0.717) is 12.1 Å². The standard InChI is InChI=1S/C19H31NO/c1-14(2)21-19-12-9-17(10-13-19)16(4)20-18-7-5-6-15(3)8-11-18/h9-10,12-16,18,20H,5-8,11H2,1-4H3. The van der Waals surface area contributed by atoms with Crippen LogP contribution in [0.15, 0.2) is 24.3 Å². The molecule has 0 amide bonds. The lowest BCUT2D eigenvalue weighted by molar-refractivity contribution is 0.242. The van der Waals surface area contributed by atoms with Crippen molar-refractivity contribution in [1.82, 2.24) is 5.32 Å². The zero-order valence-corrected chi connectivity index (χ0v) is 14.1.